The van der Waals surface area contributed by atoms with Crippen molar-refractivity contribution in [2.45, 2.75) is 13.3 Å². The molecule has 2 aliphatic rings. The lowest BCUT2D eigenvalue weighted by Crippen LogP contribution is -2.45. The van der Waals surface area contributed by atoms with Gasteiger partial charge in [0.2, 0.25) is 5.91 Å². The van der Waals surface area contributed by atoms with E-state index in [4.69, 9.17) is 4.74 Å². The van der Waals surface area contributed by atoms with E-state index in [-0.39, 0.29) is 24.8 Å². The van der Waals surface area contributed by atoms with Crippen LogP contribution in [-0.2, 0) is 24.2 Å². The van der Waals surface area contributed by atoms with Gasteiger partial charge in [-0.1, -0.05) is 6.92 Å². The molecule has 2 saturated heterocycles. The Morgan fingerprint density at radius 3 is 2.70 bits per heavy atom. The molecule has 114 valence electrons. The van der Waals surface area contributed by atoms with E-state index in [2.05, 4.69) is 0 Å². The maximum atomic E-state index is 12.0. The van der Waals surface area contributed by atoms with E-state index in [9.17, 15) is 23.1 Å². The van der Waals surface area contributed by atoms with Gasteiger partial charge in [-0.25, -0.2) is 8.42 Å². The molecule has 0 aromatic heterocycles. The third-order valence-corrected chi connectivity index (χ3v) is 5.84. The summed E-state index contributed by atoms with van der Waals surface area (Å²) in [4.78, 5) is 25.0. The standard InChI is InChI=1S/C12H19NO6S/c1-2-20(17,18)7-10(14)13-5-9-6-19-4-3-12(9,8-13)11(15)16/h9H,2-8H2,1H3,(H,15,16)/t9-,12+/m0/s1. The van der Waals surface area contributed by atoms with Crippen LogP contribution in [0.4, 0.5) is 0 Å². The second kappa shape index (κ2) is 5.33. The molecular weight excluding hydrogens is 286 g/mol. The van der Waals surface area contributed by atoms with E-state index >= 15 is 0 Å². The van der Waals surface area contributed by atoms with Crippen LogP contribution in [0, 0.1) is 11.3 Å². The minimum Gasteiger partial charge on any atom is -0.481 e. The van der Waals surface area contributed by atoms with Crippen molar-refractivity contribution in [2.24, 2.45) is 11.3 Å². The third-order valence-electron chi connectivity index (χ3n) is 4.27. The molecule has 0 aromatic rings. The van der Waals surface area contributed by atoms with Crippen molar-refractivity contribution < 1.29 is 27.9 Å². The average molecular weight is 305 g/mol. The molecule has 2 fully saturated rings. The number of carbonyl (C=O) groups is 2. The SMILES string of the molecule is CCS(=O)(=O)CC(=O)N1C[C@H]2COCC[C@@]2(C(=O)O)C1. The molecule has 0 radical (unpaired) electrons. The highest BCUT2D eigenvalue weighted by atomic mass is 32.2. The average Bonchev–Trinajstić information content (AvgIpc) is 2.79. The van der Waals surface area contributed by atoms with Crippen molar-refractivity contribution in [3.8, 4) is 0 Å². The fourth-order valence-corrected chi connectivity index (χ4v) is 3.63. The Bertz CT molecular complexity index is 516. The van der Waals surface area contributed by atoms with Gasteiger partial charge in [-0.2, -0.15) is 0 Å². The summed E-state index contributed by atoms with van der Waals surface area (Å²) in [5, 5.41) is 9.47. The van der Waals surface area contributed by atoms with Crippen molar-refractivity contribution in [1.82, 2.24) is 4.90 Å². The van der Waals surface area contributed by atoms with E-state index in [1.165, 1.54) is 11.8 Å². The van der Waals surface area contributed by atoms with Crippen molar-refractivity contribution in [3.63, 3.8) is 0 Å². The number of hydrogen-bond donors (Lipinski definition) is 1. The second-order valence-corrected chi connectivity index (χ2v) is 7.79. The zero-order chi connectivity index (χ0) is 15.0. The number of aliphatic carboxylic acids is 1. The molecule has 2 atom stereocenters. The minimum atomic E-state index is -3.40. The van der Waals surface area contributed by atoms with Crippen LogP contribution in [0.25, 0.3) is 0 Å². The monoisotopic (exact) mass is 305 g/mol. The molecule has 2 heterocycles. The van der Waals surface area contributed by atoms with E-state index in [1.807, 2.05) is 0 Å². The molecule has 0 aliphatic carbocycles. The van der Waals surface area contributed by atoms with Crippen LogP contribution in [-0.4, -0.2) is 68.1 Å². The second-order valence-electron chi connectivity index (χ2n) is 5.43. The fourth-order valence-electron chi connectivity index (χ4n) is 2.87. The molecular formula is C12H19NO6S. The first-order valence-electron chi connectivity index (χ1n) is 6.60. The summed E-state index contributed by atoms with van der Waals surface area (Å²) >= 11 is 0. The molecule has 0 saturated carbocycles. The summed E-state index contributed by atoms with van der Waals surface area (Å²) in [7, 11) is -3.40. The number of carboxylic acids is 1. The van der Waals surface area contributed by atoms with Gasteiger partial charge in [-0.05, 0) is 6.42 Å². The van der Waals surface area contributed by atoms with Gasteiger partial charge >= 0.3 is 5.97 Å². The largest absolute Gasteiger partial charge is 0.481 e. The zero-order valence-electron chi connectivity index (χ0n) is 11.4. The van der Waals surface area contributed by atoms with Crippen molar-refractivity contribution in [3.05, 3.63) is 0 Å². The maximum Gasteiger partial charge on any atom is 0.311 e. The molecule has 8 heteroatoms. The number of ether oxygens (including phenoxy) is 1. The fraction of sp³-hybridized carbons (Fsp3) is 0.833. The Balaban J connectivity index is 2.13. The number of hydrogen-bond acceptors (Lipinski definition) is 5. The predicted molar refractivity (Wildman–Crippen MR) is 69.9 cm³/mol. The Kier molecular flexibility index (Phi) is 4.06. The first-order chi connectivity index (χ1) is 9.31. The van der Waals surface area contributed by atoms with Gasteiger partial charge in [0.1, 0.15) is 5.75 Å². The molecule has 0 spiro atoms. The predicted octanol–water partition coefficient (Wildman–Crippen LogP) is -0.629. The lowest BCUT2D eigenvalue weighted by molar-refractivity contribution is -0.157. The Morgan fingerprint density at radius 2 is 2.15 bits per heavy atom. The number of amides is 1. The molecule has 2 rings (SSSR count). The number of fused-ring (bicyclic) bond motifs is 1. The number of rotatable bonds is 4. The summed E-state index contributed by atoms with van der Waals surface area (Å²) in [5.41, 5.74) is -0.982. The molecule has 0 bridgehead atoms. The van der Waals surface area contributed by atoms with Gasteiger partial charge in [0.25, 0.3) is 0 Å². The van der Waals surface area contributed by atoms with Gasteiger partial charge in [0.15, 0.2) is 9.84 Å². The molecule has 7 nitrogen and oxygen atoms in total. The highest BCUT2D eigenvalue weighted by Gasteiger charge is 2.54. The topological polar surface area (TPSA) is 101 Å². The summed E-state index contributed by atoms with van der Waals surface area (Å²) in [5.74, 6) is -2.35. The maximum absolute atomic E-state index is 12.0. The van der Waals surface area contributed by atoms with Crippen molar-refractivity contribution in [1.29, 1.82) is 0 Å². The Morgan fingerprint density at radius 1 is 1.45 bits per heavy atom. The van der Waals surface area contributed by atoms with Crippen LogP contribution < -0.4 is 0 Å². The Hall–Kier alpha value is -1.15. The zero-order valence-corrected chi connectivity index (χ0v) is 12.2. The summed E-state index contributed by atoms with van der Waals surface area (Å²) in [6.07, 6.45) is 0.358. The minimum absolute atomic E-state index is 0.0778. The van der Waals surface area contributed by atoms with Crippen LogP contribution in [0.1, 0.15) is 13.3 Å². The van der Waals surface area contributed by atoms with E-state index in [0.717, 1.165) is 0 Å². The van der Waals surface area contributed by atoms with Crippen LogP contribution in [0.3, 0.4) is 0 Å². The first kappa shape index (κ1) is 15.2. The van der Waals surface area contributed by atoms with Crippen molar-refractivity contribution in [2.75, 3.05) is 37.8 Å². The molecule has 0 unspecified atom stereocenters. The molecule has 20 heavy (non-hydrogen) atoms. The van der Waals surface area contributed by atoms with Crippen molar-refractivity contribution >= 4 is 21.7 Å². The molecule has 1 N–H and O–H groups in total. The van der Waals surface area contributed by atoms with Gasteiger partial charge in [0, 0.05) is 31.4 Å². The highest BCUT2D eigenvalue weighted by Crippen LogP contribution is 2.42. The Labute approximate surface area is 117 Å². The van der Waals surface area contributed by atoms with Gasteiger partial charge < -0.3 is 14.7 Å². The summed E-state index contributed by atoms with van der Waals surface area (Å²) in [6, 6.07) is 0. The molecule has 0 aromatic carbocycles. The normalized spacial score (nSPS) is 30.1. The van der Waals surface area contributed by atoms with Crippen LogP contribution in [0.5, 0.6) is 0 Å². The summed E-state index contributed by atoms with van der Waals surface area (Å²) < 4.78 is 28.3. The van der Waals surface area contributed by atoms with Gasteiger partial charge in [0.05, 0.1) is 12.0 Å². The molecule has 1 amide bonds. The number of sulfone groups is 1. The van der Waals surface area contributed by atoms with Gasteiger partial charge in [-0.3, -0.25) is 9.59 Å². The number of carbonyl (C=O) groups excluding carboxylic acids is 1. The lowest BCUT2D eigenvalue weighted by atomic mass is 9.74. The van der Waals surface area contributed by atoms with Crippen LogP contribution >= 0.6 is 0 Å². The molecule has 2 aliphatic heterocycles. The number of nitrogens with zero attached hydrogens (tertiary/aromatic N) is 1. The smallest absolute Gasteiger partial charge is 0.311 e. The van der Waals surface area contributed by atoms with Crippen LogP contribution in [0.2, 0.25) is 0 Å². The number of likely N-dealkylation sites (tertiary alicyclic amines) is 1. The van der Waals surface area contributed by atoms with Gasteiger partial charge in [-0.15, -0.1) is 0 Å². The van der Waals surface area contributed by atoms with E-state index in [1.54, 1.807) is 0 Å². The third kappa shape index (κ3) is 2.67. The lowest BCUT2D eigenvalue weighted by Gasteiger charge is -2.33. The van der Waals surface area contributed by atoms with E-state index in [0.29, 0.717) is 19.6 Å². The van der Waals surface area contributed by atoms with Crippen LogP contribution in [0.15, 0.2) is 0 Å². The first-order valence-corrected chi connectivity index (χ1v) is 8.42. The highest BCUT2D eigenvalue weighted by molar-refractivity contribution is 7.92. The van der Waals surface area contributed by atoms with E-state index < -0.39 is 32.9 Å². The quantitative estimate of drug-likeness (QED) is 0.742. The summed E-state index contributed by atoms with van der Waals surface area (Å²) in [6.45, 7) is 2.48. The number of carboxylic acid groups (broad SMARTS) is 1.